The molecule has 0 atom stereocenters. The zero-order chi connectivity index (χ0) is 25.9. The number of ether oxygens (including phenoxy) is 2. The second-order valence-corrected chi connectivity index (χ2v) is 10.1. The number of nitrogens with one attached hydrogen (secondary N) is 2. The first-order valence-corrected chi connectivity index (χ1v) is 13.5. The average Bonchev–Trinajstić information content (AvgIpc) is 3.57. The van der Waals surface area contributed by atoms with Gasteiger partial charge in [0.2, 0.25) is 0 Å². The van der Waals surface area contributed by atoms with Gasteiger partial charge in [0.25, 0.3) is 0 Å². The molecule has 5 aromatic rings. The minimum absolute atomic E-state index is 0.0274. The van der Waals surface area contributed by atoms with Crippen LogP contribution in [0.3, 0.4) is 0 Å². The maximum Gasteiger partial charge on any atom is 0.163 e. The van der Waals surface area contributed by atoms with Crippen LogP contribution in [0, 0.1) is 6.92 Å². The number of rotatable bonds is 9. The molecule has 11 heteroatoms. The Morgan fingerprint density at radius 2 is 1.97 bits per heavy atom. The third-order valence-electron chi connectivity index (χ3n) is 6.53. The molecular formula is C27H29N7O3S. The maximum absolute atomic E-state index is 8.81. The summed E-state index contributed by atoms with van der Waals surface area (Å²) in [6, 6.07) is 8.14. The molecule has 0 unspecified atom stereocenters. The van der Waals surface area contributed by atoms with Crippen LogP contribution >= 0.6 is 11.3 Å². The van der Waals surface area contributed by atoms with Crippen molar-refractivity contribution in [3.05, 3.63) is 48.4 Å². The summed E-state index contributed by atoms with van der Waals surface area (Å²) < 4.78 is 12.0. The molecule has 0 aliphatic carbocycles. The van der Waals surface area contributed by atoms with Gasteiger partial charge in [0.1, 0.15) is 11.5 Å². The van der Waals surface area contributed by atoms with Crippen LogP contribution in [0.5, 0.6) is 0 Å². The Balaban J connectivity index is 1.36. The molecule has 3 N–H and O–H groups in total. The van der Waals surface area contributed by atoms with Crippen LogP contribution in [0.25, 0.3) is 43.1 Å². The number of hydrogen-bond acceptors (Lipinski definition) is 10. The number of nitrogens with zero attached hydrogens (tertiary/aromatic N) is 5. The first kappa shape index (κ1) is 24.7. The van der Waals surface area contributed by atoms with Crippen molar-refractivity contribution in [1.82, 2.24) is 24.9 Å². The van der Waals surface area contributed by atoms with Crippen molar-refractivity contribution in [2.75, 3.05) is 62.9 Å². The predicted molar refractivity (Wildman–Crippen MR) is 150 cm³/mol. The van der Waals surface area contributed by atoms with Crippen molar-refractivity contribution in [2.24, 2.45) is 0 Å². The first-order chi connectivity index (χ1) is 18.7. The van der Waals surface area contributed by atoms with Gasteiger partial charge in [-0.3, -0.25) is 0 Å². The lowest BCUT2D eigenvalue weighted by Crippen LogP contribution is -2.36. The van der Waals surface area contributed by atoms with Crippen molar-refractivity contribution in [1.29, 1.82) is 0 Å². The number of aliphatic hydroxyl groups excluding tert-OH is 1. The van der Waals surface area contributed by atoms with E-state index >= 15 is 0 Å². The molecule has 0 radical (unpaired) electrons. The maximum atomic E-state index is 8.81. The van der Waals surface area contributed by atoms with E-state index in [1.165, 1.54) is 0 Å². The van der Waals surface area contributed by atoms with Gasteiger partial charge in [0.05, 0.1) is 43.3 Å². The molecule has 38 heavy (non-hydrogen) atoms. The number of H-pyrrole nitrogens is 1. The quantitative estimate of drug-likeness (QED) is 0.243. The summed E-state index contributed by atoms with van der Waals surface area (Å²) in [6.45, 7) is 6.56. The van der Waals surface area contributed by atoms with Gasteiger partial charge in [-0.2, -0.15) is 0 Å². The lowest BCUT2D eigenvalue weighted by Gasteiger charge is -2.28. The van der Waals surface area contributed by atoms with Gasteiger partial charge in [-0.1, -0.05) is 0 Å². The van der Waals surface area contributed by atoms with Gasteiger partial charge >= 0.3 is 0 Å². The number of morpholine rings is 1. The Kier molecular flexibility index (Phi) is 7.14. The normalized spacial score (nSPS) is 14.0. The molecule has 0 spiro atoms. The van der Waals surface area contributed by atoms with E-state index in [-0.39, 0.29) is 6.61 Å². The molecule has 0 saturated carbocycles. The Morgan fingerprint density at radius 1 is 1.11 bits per heavy atom. The van der Waals surface area contributed by atoms with Gasteiger partial charge in [-0.05, 0) is 36.8 Å². The molecule has 1 saturated heterocycles. The number of thiophene rings is 1. The van der Waals surface area contributed by atoms with Gasteiger partial charge in [-0.15, -0.1) is 11.3 Å². The highest BCUT2D eigenvalue weighted by Gasteiger charge is 2.23. The van der Waals surface area contributed by atoms with E-state index in [1.807, 2.05) is 30.7 Å². The van der Waals surface area contributed by atoms with Crippen LogP contribution in [0.1, 0.15) is 5.56 Å². The zero-order valence-corrected chi connectivity index (χ0v) is 21.9. The highest BCUT2D eigenvalue weighted by Crippen LogP contribution is 2.42. The fraction of sp³-hybridized carbons (Fsp3) is 0.333. The second kappa shape index (κ2) is 11.0. The zero-order valence-electron chi connectivity index (χ0n) is 21.1. The molecule has 10 nitrogen and oxygen atoms in total. The minimum Gasteiger partial charge on any atom is -0.394 e. The molecule has 1 aliphatic heterocycles. The third-order valence-corrected chi connectivity index (χ3v) is 7.86. The summed E-state index contributed by atoms with van der Waals surface area (Å²) in [6.07, 6.45) is 5.61. The van der Waals surface area contributed by atoms with Crippen molar-refractivity contribution in [3.63, 3.8) is 0 Å². The summed E-state index contributed by atoms with van der Waals surface area (Å²) in [4.78, 5) is 25.8. The van der Waals surface area contributed by atoms with Crippen LogP contribution < -0.4 is 10.2 Å². The minimum atomic E-state index is 0.0274. The van der Waals surface area contributed by atoms with Gasteiger partial charge in [0, 0.05) is 59.6 Å². The summed E-state index contributed by atoms with van der Waals surface area (Å²) in [5.74, 6) is 2.39. The summed E-state index contributed by atoms with van der Waals surface area (Å²) in [5, 5.41) is 13.1. The second-order valence-electron chi connectivity index (χ2n) is 9.04. The molecule has 0 amide bonds. The van der Waals surface area contributed by atoms with E-state index in [4.69, 9.17) is 24.5 Å². The number of aryl methyl sites for hydroxylation is 1. The van der Waals surface area contributed by atoms with E-state index in [0.29, 0.717) is 38.8 Å². The Morgan fingerprint density at radius 3 is 2.79 bits per heavy atom. The van der Waals surface area contributed by atoms with Crippen molar-refractivity contribution < 1.29 is 14.6 Å². The lowest BCUT2D eigenvalue weighted by molar-refractivity contribution is 0.0992. The van der Waals surface area contributed by atoms with Gasteiger partial charge in [-0.25, -0.2) is 19.9 Å². The average molecular weight is 532 g/mol. The smallest absolute Gasteiger partial charge is 0.163 e. The SMILES string of the molecule is Cc1c(-c2ccc(NCCOCCO)nc2)sc2c(N3CCOCC3)nc(-c3cnc4[nH]ccc4c3)nc12. The fourth-order valence-electron chi connectivity index (χ4n) is 4.58. The molecule has 1 fully saturated rings. The molecule has 6 heterocycles. The van der Waals surface area contributed by atoms with E-state index in [9.17, 15) is 0 Å². The number of hydrogen-bond donors (Lipinski definition) is 3. The largest absolute Gasteiger partial charge is 0.394 e. The third kappa shape index (κ3) is 4.93. The Hall–Kier alpha value is -3.64. The Bertz CT molecular complexity index is 1540. The number of fused-ring (bicyclic) bond motifs is 2. The number of aromatic nitrogens is 5. The van der Waals surface area contributed by atoms with Crippen LogP contribution in [0.15, 0.2) is 42.9 Å². The fourth-order valence-corrected chi connectivity index (χ4v) is 5.83. The summed E-state index contributed by atoms with van der Waals surface area (Å²) in [5.41, 5.74) is 4.84. The monoisotopic (exact) mass is 531 g/mol. The first-order valence-electron chi connectivity index (χ1n) is 12.7. The summed E-state index contributed by atoms with van der Waals surface area (Å²) >= 11 is 1.71. The van der Waals surface area contributed by atoms with Crippen LogP contribution in [-0.4, -0.2) is 82.7 Å². The number of aromatic amines is 1. The van der Waals surface area contributed by atoms with Gasteiger partial charge in [0.15, 0.2) is 11.6 Å². The molecule has 5 aromatic heterocycles. The Labute approximate surface area is 223 Å². The van der Waals surface area contributed by atoms with Gasteiger partial charge < -0.3 is 29.8 Å². The van der Waals surface area contributed by atoms with E-state index in [0.717, 1.165) is 67.5 Å². The van der Waals surface area contributed by atoms with E-state index < -0.39 is 0 Å². The molecule has 196 valence electrons. The number of anilines is 2. The number of aliphatic hydroxyl groups is 1. The van der Waals surface area contributed by atoms with Crippen molar-refractivity contribution in [3.8, 4) is 21.8 Å². The molecule has 0 aromatic carbocycles. The van der Waals surface area contributed by atoms with Crippen molar-refractivity contribution in [2.45, 2.75) is 6.92 Å². The molecular weight excluding hydrogens is 502 g/mol. The van der Waals surface area contributed by atoms with E-state index in [2.05, 4.69) is 44.2 Å². The highest BCUT2D eigenvalue weighted by molar-refractivity contribution is 7.23. The molecule has 0 bridgehead atoms. The highest BCUT2D eigenvalue weighted by atomic mass is 32.1. The van der Waals surface area contributed by atoms with Crippen molar-refractivity contribution >= 4 is 44.2 Å². The molecule has 6 rings (SSSR count). The lowest BCUT2D eigenvalue weighted by atomic mass is 10.1. The van der Waals surface area contributed by atoms with Crippen LogP contribution in [0.2, 0.25) is 0 Å². The number of pyridine rings is 2. The van der Waals surface area contributed by atoms with Crippen LogP contribution in [0.4, 0.5) is 11.6 Å². The van der Waals surface area contributed by atoms with Crippen LogP contribution in [-0.2, 0) is 9.47 Å². The summed E-state index contributed by atoms with van der Waals surface area (Å²) in [7, 11) is 0. The standard InChI is InChI=1S/C27H29N7O3S/c1-17-22-24(38-23(17)19-2-3-21(30-15-19)28-6-10-36-13-9-35)27(34-7-11-37-12-8-34)33-26(32-22)20-14-18-4-5-29-25(18)31-16-20/h2-5,14-16,35H,6-13H2,1H3,(H,28,30)(H,29,31). The molecule has 1 aliphatic rings. The topological polar surface area (TPSA) is 121 Å². The van der Waals surface area contributed by atoms with E-state index in [1.54, 1.807) is 11.3 Å². The predicted octanol–water partition coefficient (Wildman–Crippen LogP) is 3.86.